The summed E-state index contributed by atoms with van der Waals surface area (Å²) in [5.41, 5.74) is 0.0205. The van der Waals surface area contributed by atoms with Crippen LogP contribution in [0.15, 0.2) is 36.5 Å². The zero-order valence-electron chi connectivity index (χ0n) is 11.2. The molecule has 4 atom stereocenters. The van der Waals surface area contributed by atoms with Crippen LogP contribution in [0.2, 0.25) is 0 Å². The maximum absolute atomic E-state index is 12.6. The Bertz CT molecular complexity index is 644. The van der Waals surface area contributed by atoms with Gasteiger partial charge in [-0.1, -0.05) is 18.2 Å². The Labute approximate surface area is 121 Å². The van der Waals surface area contributed by atoms with Crippen LogP contribution in [0.4, 0.5) is 0 Å². The van der Waals surface area contributed by atoms with Gasteiger partial charge in [0.15, 0.2) is 0 Å². The average Bonchev–Trinajstić information content (AvgIpc) is 3.09. The SMILES string of the molecule is O=C(O)[C@@H]1[C@H]2C(=O)N(Cc3ccccn3)C[C@@]23C=C[C@H]1O3. The molecule has 21 heavy (non-hydrogen) atoms. The monoisotopic (exact) mass is 286 g/mol. The van der Waals surface area contributed by atoms with Crippen LogP contribution in [-0.2, 0) is 20.9 Å². The molecule has 0 unspecified atom stereocenters. The molecule has 4 heterocycles. The third-order valence-corrected chi connectivity index (χ3v) is 4.54. The Morgan fingerprint density at radius 2 is 2.38 bits per heavy atom. The van der Waals surface area contributed by atoms with Crippen molar-refractivity contribution in [3.05, 3.63) is 42.2 Å². The highest BCUT2D eigenvalue weighted by Gasteiger charge is 2.66. The third-order valence-electron chi connectivity index (χ3n) is 4.54. The van der Waals surface area contributed by atoms with Crippen molar-refractivity contribution in [3.8, 4) is 0 Å². The van der Waals surface area contributed by atoms with Gasteiger partial charge in [0, 0.05) is 6.20 Å². The molecule has 0 aromatic carbocycles. The number of hydrogen-bond acceptors (Lipinski definition) is 4. The first-order valence-corrected chi connectivity index (χ1v) is 6.89. The van der Waals surface area contributed by atoms with Gasteiger partial charge < -0.3 is 14.7 Å². The van der Waals surface area contributed by atoms with Gasteiger partial charge >= 0.3 is 5.97 Å². The van der Waals surface area contributed by atoms with E-state index in [9.17, 15) is 14.7 Å². The van der Waals surface area contributed by atoms with Crippen molar-refractivity contribution in [1.82, 2.24) is 9.88 Å². The van der Waals surface area contributed by atoms with Gasteiger partial charge in [-0.2, -0.15) is 0 Å². The molecule has 3 aliphatic rings. The van der Waals surface area contributed by atoms with E-state index in [1.54, 1.807) is 17.2 Å². The fourth-order valence-electron chi connectivity index (χ4n) is 3.68. The Morgan fingerprint density at radius 3 is 3.10 bits per heavy atom. The highest BCUT2D eigenvalue weighted by Crippen LogP contribution is 2.51. The number of ether oxygens (including phenoxy) is 1. The number of nitrogens with zero attached hydrogens (tertiary/aromatic N) is 2. The first-order valence-electron chi connectivity index (χ1n) is 6.89. The van der Waals surface area contributed by atoms with Crippen molar-refractivity contribution in [1.29, 1.82) is 0 Å². The van der Waals surface area contributed by atoms with E-state index in [4.69, 9.17) is 4.74 Å². The number of fused-ring (bicyclic) bond motifs is 1. The van der Waals surface area contributed by atoms with Crippen LogP contribution < -0.4 is 0 Å². The third kappa shape index (κ3) is 1.65. The predicted octanol–water partition coefficient (Wildman–Crippen LogP) is 0.448. The summed E-state index contributed by atoms with van der Waals surface area (Å²) in [6.45, 7) is 0.774. The van der Waals surface area contributed by atoms with E-state index in [2.05, 4.69) is 4.98 Å². The molecular weight excluding hydrogens is 272 g/mol. The van der Waals surface area contributed by atoms with Crippen LogP contribution in [-0.4, -0.2) is 45.1 Å². The van der Waals surface area contributed by atoms with Crippen LogP contribution in [0.5, 0.6) is 0 Å². The largest absolute Gasteiger partial charge is 0.481 e. The molecule has 3 aliphatic heterocycles. The Balaban J connectivity index is 1.63. The quantitative estimate of drug-likeness (QED) is 0.816. The number of likely N-dealkylation sites (tertiary alicyclic amines) is 1. The van der Waals surface area contributed by atoms with E-state index in [1.807, 2.05) is 24.3 Å². The van der Waals surface area contributed by atoms with Crippen molar-refractivity contribution in [2.45, 2.75) is 18.2 Å². The molecule has 0 saturated carbocycles. The molecule has 6 heteroatoms. The molecule has 1 amide bonds. The fourth-order valence-corrected chi connectivity index (χ4v) is 3.68. The lowest BCUT2D eigenvalue weighted by Crippen LogP contribution is -2.39. The minimum absolute atomic E-state index is 0.153. The van der Waals surface area contributed by atoms with Gasteiger partial charge in [-0.3, -0.25) is 14.6 Å². The predicted molar refractivity (Wildman–Crippen MR) is 71.0 cm³/mol. The minimum Gasteiger partial charge on any atom is -0.481 e. The van der Waals surface area contributed by atoms with Gasteiger partial charge in [0.05, 0.1) is 30.8 Å². The van der Waals surface area contributed by atoms with Crippen molar-refractivity contribution < 1.29 is 19.4 Å². The number of pyridine rings is 1. The number of carboxylic acid groups (broad SMARTS) is 1. The van der Waals surface area contributed by atoms with E-state index in [1.165, 1.54) is 0 Å². The molecule has 4 rings (SSSR count). The summed E-state index contributed by atoms with van der Waals surface area (Å²) in [6.07, 6.45) is 4.83. The molecule has 2 fully saturated rings. The standard InChI is InChI=1S/C15H14N2O4/c18-13-12-11(14(19)20)10-4-5-15(12,21-10)8-17(13)7-9-3-1-2-6-16-9/h1-6,10-12H,7-8H2,(H,19,20)/t10-,11+,12+,15+/m1/s1. The van der Waals surface area contributed by atoms with E-state index < -0.39 is 29.5 Å². The Kier molecular flexibility index (Phi) is 2.47. The van der Waals surface area contributed by atoms with Crippen LogP contribution in [0.3, 0.4) is 0 Å². The molecule has 2 bridgehead atoms. The van der Waals surface area contributed by atoms with Crippen molar-refractivity contribution in [2.24, 2.45) is 11.8 Å². The molecule has 1 spiro atoms. The Hall–Kier alpha value is -2.21. The molecule has 108 valence electrons. The smallest absolute Gasteiger partial charge is 0.310 e. The second-order valence-corrected chi connectivity index (χ2v) is 5.75. The Morgan fingerprint density at radius 1 is 1.52 bits per heavy atom. The minimum atomic E-state index is -0.968. The summed E-state index contributed by atoms with van der Waals surface area (Å²) in [5, 5.41) is 9.38. The summed E-state index contributed by atoms with van der Waals surface area (Å²) in [6, 6.07) is 5.53. The average molecular weight is 286 g/mol. The summed E-state index contributed by atoms with van der Waals surface area (Å²) >= 11 is 0. The summed E-state index contributed by atoms with van der Waals surface area (Å²) in [5.74, 6) is -2.52. The normalized spacial score (nSPS) is 36.3. The lowest BCUT2D eigenvalue weighted by atomic mass is 9.77. The van der Waals surface area contributed by atoms with Crippen LogP contribution in [0.1, 0.15) is 5.69 Å². The van der Waals surface area contributed by atoms with Gasteiger partial charge in [-0.15, -0.1) is 0 Å². The molecular formula is C15H14N2O4. The van der Waals surface area contributed by atoms with Crippen LogP contribution in [0.25, 0.3) is 0 Å². The van der Waals surface area contributed by atoms with Crippen molar-refractivity contribution in [2.75, 3.05) is 6.54 Å². The molecule has 6 nitrogen and oxygen atoms in total. The van der Waals surface area contributed by atoms with Crippen molar-refractivity contribution in [3.63, 3.8) is 0 Å². The number of aromatic nitrogens is 1. The highest BCUT2D eigenvalue weighted by molar-refractivity contribution is 5.90. The number of carboxylic acids is 1. The fraction of sp³-hybridized carbons (Fsp3) is 0.400. The first-order chi connectivity index (χ1) is 10.1. The second kappa shape index (κ2) is 4.14. The molecule has 1 N–H and O–H groups in total. The number of rotatable bonds is 3. The zero-order chi connectivity index (χ0) is 14.6. The lowest BCUT2D eigenvalue weighted by Gasteiger charge is -2.21. The summed E-state index contributed by atoms with van der Waals surface area (Å²) < 4.78 is 5.82. The molecule has 0 aliphatic carbocycles. The number of hydrogen-bond donors (Lipinski definition) is 1. The first kappa shape index (κ1) is 12.5. The summed E-state index contributed by atoms with van der Waals surface area (Å²) in [7, 11) is 0. The van der Waals surface area contributed by atoms with Gasteiger partial charge in [0.1, 0.15) is 11.5 Å². The topological polar surface area (TPSA) is 79.7 Å². The van der Waals surface area contributed by atoms with Crippen molar-refractivity contribution >= 4 is 11.9 Å². The molecule has 0 radical (unpaired) electrons. The molecule has 1 aromatic rings. The number of carbonyl (C=O) groups excluding carboxylic acids is 1. The highest BCUT2D eigenvalue weighted by atomic mass is 16.5. The van der Waals surface area contributed by atoms with E-state index >= 15 is 0 Å². The zero-order valence-corrected chi connectivity index (χ0v) is 11.2. The lowest BCUT2D eigenvalue weighted by molar-refractivity contribution is -0.148. The van der Waals surface area contributed by atoms with E-state index in [0.29, 0.717) is 13.1 Å². The summed E-state index contributed by atoms with van der Waals surface area (Å²) in [4.78, 5) is 29.9. The van der Waals surface area contributed by atoms with E-state index in [0.717, 1.165) is 5.69 Å². The number of aliphatic carboxylic acids is 1. The number of carbonyl (C=O) groups is 2. The van der Waals surface area contributed by atoms with Gasteiger partial charge in [0.2, 0.25) is 5.91 Å². The number of amides is 1. The maximum atomic E-state index is 12.6. The van der Waals surface area contributed by atoms with E-state index in [-0.39, 0.29) is 5.91 Å². The second-order valence-electron chi connectivity index (χ2n) is 5.75. The van der Waals surface area contributed by atoms with Gasteiger partial charge in [-0.05, 0) is 12.1 Å². The van der Waals surface area contributed by atoms with Crippen LogP contribution in [0, 0.1) is 11.8 Å². The molecule has 1 aromatic heterocycles. The maximum Gasteiger partial charge on any atom is 0.310 e. The van der Waals surface area contributed by atoms with Gasteiger partial charge in [-0.25, -0.2) is 0 Å². The molecule has 2 saturated heterocycles. The van der Waals surface area contributed by atoms with Gasteiger partial charge in [0.25, 0.3) is 0 Å². The van der Waals surface area contributed by atoms with Crippen LogP contribution >= 0.6 is 0 Å².